The van der Waals surface area contributed by atoms with Gasteiger partial charge in [0.2, 0.25) is 47.3 Å². The number of hydrogen-bond donors (Lipinski definition) is 8. The van der Waals surface area contributed by atoms with Crippen molar-refractivity contribution in [1.29, 1.82) is 0 Å². The number of thiophene rings is 1. The number of carbonyl (C=O) groups excluding carboxylic acids is 8. The Morgan fingerprint density at radius 2 is 1.56 bits per heavy atom. The van der Waals surface area contributed by atoms with Gasteiger partial charge >= 0.3 is 0 Å². The molecule has 0 unspecified atom stereocenters. The molecule has 0 radical (unpaired) electrons. The zero-order chi connectivity index (χ0) is 49.3. The lowest BCUT2D eigenvalue weighted by Crippen LogP contribution is -2.60. The maximum Gasteiger partial charge on any atom is 0.246 e. The van der Waals surface area contributed by atoms with E-state index in [0.717, 1.165) is 46.3 Å². The highest BCUT2D eigenvalue weighted by Crippen LogP contribution is 2.36. The first-order valence-corrected chi connectivity index (χ1v) is 24.9. The van der Waals surface area contributed by atoms with Gasteiger partial charge in [0.05, 0.1) is 23.5 Å². The number of nitrogens with zero attached hydrogens (tertiary/aromatic N) is 4. The first kappa shape index (κ1) is 49.3. The van der Waals surface area contributed by atoms with Crippen molar-refractivity contribution in [3.8, 4) is 10.6 Å². The molecule has 370 valence electrons. The first-order valence-electron chi connectivity index (χ1n) is 24.1. The fraction of sp³-hybridized carbons (Fsp3) is 0.469. The second-order valence-corrected chi connectivity index (χ2v) is 19.7. The lowest BCUT2D eigenvalue weighted by molar-refractivity contribution is -0.144. The van der Waals surface area contributed by atoms with Crippen LogP contribution in [-0.2, 0) is 44.8 Å². The third-order valence-electron chi connectivity index (χ3n) is 13.7. The van der Waals surface area contributed by atoms with E-state index in [1.807, 2.05) is 42.5 Å². The number of primary amides is 2. The molecule has 8 rings (SSSR count). The summed E-state index contributed by atoms with van der Waals surface area (Å²) in [5.41, 5.74) is 14.7. The fourth-order valence-corrected chi connectivity index (χ4v) is 10.9. The highest BCUT2D eigenvalue weighted by atomic mass is 32.1. The zero-order valence-electron chi connectivity index (χ0n) is 38.8. The van der Waals surface area contributed by atoms with Gasteiger partial charge in [0.1, 0.15) is 35.9 Å². The van der Waals surface area contributed by atoms with Crippen molar-refractivity contribution in [2.45, 2.75) is 126 Å². The second-order valence-electron chi connectivity index (χ2n) is 18.6. The van der Waals surface area contributed by atoms with Crippen molar-refractivity contribution in [2.75, 3.05) is 13.1 Å². The Hall–Kier alpha value is -7.16. The minimum atomic E-state index is -1.46. The van der Waals surface area contributed by atoms with Gasteiger partial charge in [0, 0.05) is 60.7 Å². The summed E-state index contributed by atoms with van der Waals surface area (Å²) in [6.07, 6.45) is 14.0. The molecule has 2 aliphatic heterocycles. The number of H-pyrrole nitrogens is 1. The number of carbonyl (C=O) groups is 8. The van der Waals surface area contributed by atoms with Crippen LogP contribution in [0.15, 0.2) is 67.0 Å². The molecule has 5 heterocycles. The van der Waals surface area contributed by atoms with Crippen LogP contribution in [0, 0.1) is 5.92 Å². The lowest BCUT2D eigenvalue weighted by atomic mass is 9.83. The molecule has 10 N–H and O–H groups in total. The van der Waals surface area contributed by atoms with Crippen molar-refractivity contribution in [2.24, 2.45) is 17.4 Å². The van der Waals surface area contributed by atoms with Gasteiger partial charge in [-0.2, -0.15) is 0 Å². The van der Waals surface area contributed by atoms with Gasteiger partial charge < -0.3 is 47.9 Å². The van der Waals surface area contributed by atoms with Gasteiger partial charge in [0.15, 0.2) is 0 Å². The van der Waals surface area contributed by atoms with E-state index in [1.54, 1.807) is 28.4 Å². The fourth-order valence-electron chi connectivity index (χ4n) is 9.87. The van der Waals surface area contributed by atoms with Crippen molar-refractivity contribution < 1.29 is 38.4 Å². The number of benzene rings is 1. The number of fused-ring (bicyclic) bond motifs is 2. The van der Waals surface area contributed by atoms with Gasteiger partial charge in [-0.1, -0.05) is 60.9 Å². The van der Waals surface area contributed by atoms with Gasteiger partial charge in [-0.15, -0.1) is 16.4 Å². The normalized spacial score (nSPS) is 25.1. The van der Waals surface area contributed by atoms with Crippen LogP contribution in [0.4, 0.5) is 0 Å². The molecule has 3 fully saturated rings. The molecule has 2 saturated heterocycles. The number of aromatic nitrogens is 4. The van der Waals surface area contributed by atoms with Crippen LogP contribution < -0.4 is 38.1 Å². The summed E-state index contributed by atoms with van der Waals surface area (Å²) >= 11 is 1.58. The van der Waals surface area contributed by atoms with Crippen LogP contribution in [0.2, 0.25) is 0 Å². The molecule has 70 heavy (non-hydrogen) atoms. The third kappa shape index (κ3) is 12.0. The summed E-state index contributed by atoms with van der Waals surface area (Å²) in [5, 5.41) is 23.6. The molecular weight excluding hydrogens is 917 g/mol. The smallest absolute Gasteiger partial charge is 0.246 e. The average Bonchev–Trinajstić information content (AvgIpc) is 4.21. The minimum absolute atomic E-state index is 0.000866. The van der Waals surface area contributed by atoms with Crippen LogP contribution in [-0.4, -0.2) is 115 Å². The SMILES string of the molecule is NC(=O)C[C@@H]1NC(=O)CCC(=O)NCCCC[C@@H](C(N)=O)NC(=O)[C@H](Cc2c[nH]c3ccccc23)NC(=O)[C@@H]2C[C@H](n3cc(-c4ccc(C5=CC=CC5)s4)nn3)CN2C(=O)[C@H](C2CCCCC2)NC1=O. The lowest BCUT2D eigenvalue weighted by Gasteiger charge is -2.35. The number of amides is 8. The van der Waals surface area contributed by atoms with Crippen molar-refractivity contribution >= 4 is 75.1 Å². The third-order valence-corrected chi connectivity index (χ3v) is 14.8. The Bertz CT molecular complexity index is 2680. The van der Waals surface area contributed by atoms with E-state index in [2.05, 4.69) is 54.0 Å². The molecule has 8 amide bonds. The number of nitrogens with two attached hydrogens (primary N) is 2. The standard InChI is InChI=1S/C49H60N12O8S/c50-41(62)24-36-47(67)57-44(29-12-2-1-3-13-29)49(69)60-26-31(61-27-37(58-59-61)40-18-17-39(70-40)28-10-4-5-11-28)23-38(60)48(68)56-35(22-30-25-53-33-15-7-6-14-32(30)33)46(66)55-34(45(51)65)16-8-9-21-52-42(63)19-20-43(64)54-36/h4-7,10,14-15,17-18,25,27,29,31,34-36,38,44,53H,1-3,8-9,11-13,16,19-24,26H2,(H2,50,62)(H2,51,65)(H,52,63)(H,54,64)(H,55,66)(H,56,68)(H,57,67)/t31-,34-,35-,36-,38-,44-/m0/s1. The summed E-state index contributed by atoms with van der Waals surface area (Å²) in [6.45, 7) is 0.169. The summed E-state index contributed by atoms with van der Waals surface area (Å²) in [6, 6.07) is 4.70. The van der Waals surface area contributed by atoms with Gasteiger partial charge in [0.25, 0.3) is 0 Å². The maximum absolute atomic E-state index is 15.3. The Kier molecular flexibility index (Phi) is 15.8. The highest BCUT2D eigenvalue weighted by molar-refractivity contribution is 7.16. The number of rotatable bonds is 9. The quantitative estimate of drug-likeness (QED) is 0.121. The molecule has 0 bridgehead atoms. The van der Waals surface area contributed by atoms with E-state index >= 15 is 9.59 Å². The predicted molar refractivity (Wildman–Crippen MR) is 260 cm³/mol. The Labute approximate surface area is 408 Å². The van der Waals surface area contributed by atoms with E-state index in [9.17, 15) is 28.8 Å². The number of para-hydroxylation sites is 1. The van der Waals surface area contributed by atoms with E-state index < -0.39 is 89.9 Å². The largest absolute Gasteiger partial charge is 0.370 e. The van der Waals surface area contributed by atoms with Gasteiger partial charge in [-0.3, -0.25) is 38.4 Å². The van der Waals surface area contributed by atoms with Gasteiger partial charge in [-0.25, -0.2) is 4.68 Å². The molecule has 3 aromatic heterocycles. The molecule has 4 aliphatic rings. The Morgan fingerprint density at radius 1 is 0.800 bits per heavy atom. The molecule has 4 aromatic rings. The molecule has 6 atom stereocenters. The topological polar surface area (TPSA) is 298 Å². The summed E-state index contributed by atoms with van der Waals surface area (Å²) < 4.78 is 1.63. The zero-order valence-corrected chi connectivity index (χ0v) is 39.6. The molecule has 0 spiro atoms. The van der Waals surface area contributed by atoms with Crippen LogP contribution in [0.1, 0.15) is 100.0 Å². The number of hydrogen-bond acceptors (Lipinski definition) is 11. The highest BCUT2D eigenvalue weighted by Gasteiger charge is 2.46. The monoisotopic (exact) mass is 976 g/mol. The summed E-state index contributed by atoms with van der Waals surface area (Å²) in [4.78, 5) is 117. The average molecular weight is 977 g/mol. The van der Waals surface area contributed by atoms with E-state index in [-0.39, 0.29) is 51.1 Å². The summed E-state index contributed by atoms with van der Waals surface area (Å²) in [5.74, 6) is -5.90. The van der Waals surface area contributed by atoms with Crippen LogP contribution in [0.5, 0.6) is 0 Å². The number of aromatic amines is 1. The molecule has 21 heteroatoms. The molecule has 2 aliphatic carbocycles. The van der Waals surface area contributed by atoms with Crippen LogP contribution >= 0.6 is 11.3 Å². The molecular formula is C49H60N12O8S. The predicted octanol–water partition coefficient (Wildman–Crippen LogP) is 2.18. The molecule has 20 nitrogen and oxygen atoms in total. The van der Waals surface area contributed by atoms with E-state index in [0.29, 0.717) is 36.9 Å². The van der Waals surface area contributed by atoms with E-state index in [4.69, 9.17) is 11.5 Å². The van der Waals surface area contributed by atoms with Crippen LogP contribution in [0.25, 0.3) is 27.0 Å². The first-order chi connectivity index (χ1) is 33.8. The van der Waals surface area contributed by atoms with Crippen molar-refractivity contribution in [3.05, 3.63) is 77.5 Å². The summed E-state index contributed by atoms with van der Waals surface area (Å²) in [7, 11) is 0. The number of allylic oxidation sites excluding steroid dienone is 4. The Balaban J connectivity index is 1.15. The minimum Gasteiger partial charge on any atom is -0.370 e. The number of nitrogens with one attached hydrogen (secondary N) is 6. The molecule has 1 aromatic carbocycles. The van der Waals surface area contributed by atoms with E-state index in [1.165, 1.54) is 10.5 Å². The Morgan fingerprint density at radius 3 is 2.33 bits per heavy atom. The van der Waals surface area contributed by atoms with Crippen molar-refractivity contribution in [3.63, 3.8) is 0 Å². The maximum atomic E-state index is 15.3. The molecule has 1 saturated carbocycles. The van der Waals surface area contributed by atoms with Gasteiger partial charge in [-0.05, 0) is 73.8 Å². The van der Waals surface area contributed by atoms with Crippen LogP contribution in [0.3, 0.4) is 0 Å². The second kappa shape index (κ2) is 22.5. The van der Waals surface area contributed by atoms with Crippen molar-refractivity contribution in [1.82, 2.24) is 51.5 Å².